The van der Waals surface area contributed by atoms with Gasteiger partial charge in [0, 0.05) is 29.3 Å². The second-order valence-corrected chi connectivity index (χ2v) is 15.4. The number of nitrogen functional groups attached to an aromatic ring is 1. The molecule has 1 aromatic carbocycles. The molecule has 2 aliphatic heterocycles. The largest absolute Gasteiger partial charge is 0.497 e. The summed E-state index contributed by atoms with van der Waals surface area (Å²) in [5.74, 6) is -1.14. The van der Waals surface area contributed by atoms with Gasteiger partial charge in [0.1, 0.15) is 47.0 Å². The third-order valence-electron chi connectivity index (χ3n) is 11.0. The standard InChI is InChI=1S/C37H46N6O8S/c1-49-23-13-14-25-27(15-23)39-28(29-20-52-35(38)40-29)17-31(25)50-24-16-30-32(44)42-37(34(46)47)18-21(37)9-5-3-2-4-6-12-26(33(45)43(30)19-24)41-36(48)51-22-10-7-8-11-22/h13-15,17,20-22,24,26,30H,2-12,16,18-19H2,1H3,(H2,38,40)(H,41,48)(H,42,44)(H,46,47)/t21?,24?,26-,30-,37+/m0/s1. The maximum absolute atomic E-state index is 14.5. The van der Waals surface area contributed by atoms with Gasteiger partial charge in [-0.05, 0) is 63.0 Å². The molecule has 4 heterocycles. The van der Waals surface area contributed by atoms with E-state index in [1.165, 1.54) is 16.2 Å². The molecule has 4 aliphatic rings. The molecule has 3 aromatic rings. The summed E-state index contributed by atoms with van der Waals surface area (Å²) in [4.78, 5) is 64.9. The zero-order valence-electron chi connectivity index (χ0n) is 29.3. The minimum absolute atomic E-state index is 0.0369. The minimum atomic E-state index is -1.36. The Kier molecular flexibility index (Phi) is 10.4. The molecule has 14 nitrogen and oxygen atoms in total. The number of carbonyl (C=O) groups excluding carboxylic acids is 3. The van der Waals surface area contributed by atoms with Crippen molar-refractivity contribution in [2.45, 2.75) is 113 Å². The number of methoxy groups -OCH3 is 1. The number of nitrogens with two attached hydrogens (primary N) is 1. The number of carbonyl (C=O) groups is 4. The number of carboxylic acid groups (broad SMARTS) is 1. The van der Waals surface area contributed by atoms with E-state index in [-0.39, 0.29) is 25.0 Å². The lowest BCUT2D eigenvalue weighted by molar-refractivity contribution is -0.146. The van der Waals surface area contributed by atoms with Crippen molar-refractivity contribution >= 4 is 51.2 Å². The highest BCUT2D eigenvalue weighted by Crippen LogP contribution is 2.47. The summed E-state index contributed by atoms with van der Waals surface area (Å²) in [7, 11) is 1.57. The Hall–Kier alpha value is -4.66. The predicted octanol–water partition coefficient (Wildman–Crippen LogP) is 5.04. The van der Waals surface area contributed by atoms with Crippen LogP contribution >= 0.6 is 11.3 Å². The average molecular weight is 735 g/mol. The first kappa shape index (κ1) is 35.7. The second kappa shape index (κ2) is 15.1. The van der Waals surface area contributed by atoms with Gasteiger partial charge in [-0.25, -0.2) is 19.6 Å². The molecule has 5 N–H and O–H groups in total. The van der Waals surface area contributed by atoms with E-state index >= 15 is 0 Å². The Morgan fingerprint density at radius 1 is 1.00 bits per heavy atom. The summed E-state index contributed by atoms with van der Waals surface area (Å²) in [5, 5.41) is 18.8. The van der Waals surface area contributed by atoms with Crippen molar-refractivity contribution in [3.8, 4) is 22.9 Å². The number of nitrogens with zero attached hydrogens (tertiary/aromatic N) is 3. The minimum Gasteiger partial charge on any atom is -0.497 e. The number of aliphatic carboxylic acids is 1. The molecule has 15 heteroatoms. The lowest BCUT2D eigenvalue weighted by Crippen LogP contribution is -2.56. The van der Waals surface area contributed by atoms with Crippen LogP contribution in [0.5, 0.6) is 11.5 Å². The van der Waals surface area contributed by atoms with Crippen LogP contribution in [-0.2, 0) is 19.1 Å². The van der Waals surface area contributed by atoms with Crippen molar-refractivity contribution in [3.63, 3.8) is 0 Å². The molecule has 7 rings (SSSR count). The van der Waals surface area contributed by atoms with Crippen molar-refractivity contribution in [2.24, 2.45) is 5.92 Å². The van der Waals surface area contributed by atoms with Crippen LogP contribution in [0.1, 0.15) is 83.5 Å². The number of aromatic nitrogens is 2. The van der Waals surface area contributed by atoms with Crippen LogP contribution in [0.2, 0.25) is 0 Å². The van der Waals surface area contributed by atoms with Crippen LogP contribution in [0.25, 0.3) is 22.3 Å². The molecule has 5 atom stereocenters. The predicted molar refractivity (Wildman–Crippen MR) is 193 cm³/mol. The molecular formula is C37H46N6O8S. The molecule has 0 spiro atoms. The molecule has 278 valence electrons. The van der Waals surface area contributed by atoms with Gasteiger partial charge in [0.05, 0.1) is 24.9 Å². The number of anilines is 1. The zero-order valence-corrected chi connectivity index (χ0v) is 30.1. The maximum atomic E-state index is 14.5. The average Bonchev–Trinajstić information content (AvgIpc) is 3.54. The number of alkyl carbamates (subject to hydrolysis) is 1. The summed E-state index contributed by atoms with van der Waals surface area (Å²) in [5.41, 5.74) is 6.26. The van der Waals surface area contributed by atoms with Crippen molar-refractivity contribution < 1.29 is 38.5 Å². The number of ether oxygens (including phenoxy) is 3. The topological polar surface area (TPSA) is 195 Å². The zero-order chi connectivity index (χ0) is 36.4. The fourth-order valence-electron chi connectivity index (χ4n) is 8.00. The third kappa shape index (κ3) is 7.59. The smallest absolute Gasteiger partial charge is 0.408 e. The third-order valence-corrected chi connectivity index (χ3v) is 11.6. The first-order chi connectivity index (χ1) is 25.1. The second-order valence-electron chi connectivity index (χ2n) is 14.5. The van der Waals surface area contributed by atoms with Crippen LogP contribution < -0.4 is 25.8 Å². The van der Waals surface area contributed by atoms with Crippen molar-refractivity contribution in [3.05, 3.63) is 29.6 Å². The van der Waals surface area contributed by atoms with Gasteiger partial charge in [-0.2, -0.15) is 0 Å². The van der Waals surface area contributed by atoms with Gasteiger partial charge in [-0.15, -0.1) is 11.3 Å². The fourth-order valence-corrected chi connectivity index (χ4v) is 8.56. The highest BCUT2D eigenvalue weighted by Gasteiger charge is 2.62. The Balaban J connectivity index is 1.19. The van der Waals surface area contributed by atoms with Crippen LogP contribution in [0.4, 0.5) is 9.93 Å². The number of hydrogen-bond acceptors (Lipinski definition) is 11. The number of rotatable bonds is 7. The highest BCUT2D eigenvalue weighted by molar-refractivity contribution is 7.13. The summed E-state index contributed by atoms with van der Waals surface area (Å²) in [6.45, 7) is 0.0369. The normalized spacial score (nSPS) is 27.1. The maximum Gasteiger partial charge on any atom is 0.408 e. The molecule has 0 bridgehead atoms. The first-order valence-electron chi connectivity index (χ1n) is 18.3. The fraction of sp³-hybridized carbons (Fsp3) is 0.568. The van der Waals surface area contributed by atoms with E-state index in [0.29, 0.717) is 64.6 Å². The molecule has 2 aliphatic carbocycles. The number of nitrogens with one attached hydrogen (secondary N) is 2. The van der Waals surface area contributed by atoms with E-state index in [0.717, 1.165) is 51.4 Å². The SMILES string of the molecule is COc1ccc2c(OC3C[C@H]4C(=O)N[C@]5(C(=O)O)CC5CCCCCCC[C@H](NC(=O)OC5CCCC5)C(=O)N4C3)cc(-c3csc(N)n3)nc2c1. The van der Waals surface area contributed by atoms with E-state index in [2.05, 4.69) is 15.6 Å². The number of thiazole rings is 1. The molecule has 52 heavy (non-hydrogen) atoms. The Morgan fingerprint density at radius 2 is 1.75 bits per heavy atom. The molecule has 3 amide bonds. The molecule has 0 radical (unpaired) electrons. The molecule has 2 unspecified atom stereocenters. The lowest BCUT2D eigenvalue weighted by Gasteiger charge is -2.29. The van der Waals surface area contributed by atoms with Crippen LogP contribution in [0.3, 0.4) is 0 Å². The van der Waals surface area contributed by atoms with Crippen molar-refractivity contribution in [1.29, 1.82) is 0 Å². The Labute approximate surface area is 305 Å². The molecule has 2 aromatic heterocycles. The van der Waals surface area contributed by atoms with E-state index in [9.17, 15) is 24.3 Å². The summed E-state index contributed by atoms with van der Waals surface area (Å²) in [6, 6.07) is 5.23. The monoisotopic (exact) mass is 734 g/mol. The van der Waals surface area contributed by atoms with E-state index in [1.807, 2.05) is 6.07 Å². The van der Waals surface area contributed by atoms with Gasteiger partial charge in [0.25, 0.3) is 0 Å². The summed E-state index contributed by atoms with van der Waals surface area (Å²) >= 11 is 1.29. The van der Waals surface area contributed by atoms with Crippen LogP contribution in [-0.4, -0.2) is 87.3 Å². The molecule has 4 fully saturated rings. The van der Waals surface area contributed by atoms with Gasteiger partial charge in [0.2, 0.25) is 11.8 Å². The van der Waals surface area contributed by atoms with E-state index < -0.39 is 47.6 Å². The highest BCUT2D eigenvalue weighted by atomic mass is 32.1. The molecule has 2 saturated carbocycles. The van der Waals surface area contributed by atoms with Crippen LogP contribution in [0, 0.1) is 5.92 Å². The van der Waals surface area contributed by atoms with Gasteiger partial charge in [0.15, 0.2) is 5.13 Å². The van der Waals surface area contributed by atoms with Crippen molar-refractivity contribution in [2.75, 3.05) is 19.4 Å². The van der Waals surface area contributed by atoms with Crippen molar-refractivity contribution in [1.82, 2.24) is 25.5 Å². The number of amides is 3. The number of fused-ring (bicyclic) bond motifs is 3. The van der Waals surface area contributed by atoms with E-state index in [4.69, 9.17) is 24.9 Å². The first-order valence-corrected chi connectivity index (χ1v) is 19.2. The number of hydrogen-bond donors (Lipinski definition) is 4. The van der Waals surface area contributed by atoms with Gasteiger partial charge < -0.3 is 40.6 Å². The number of carboxylic acids is 1. The number of benzene rings is 1. The van der Waals surface area contributed by atoms with E-state index in [1.54, 1.807) is 30.7 Å². The summed E-state index contributed by atoms with van der Waals surface area (Å²) < 4.78 is 17.8. The summed E-state index contributed by atoms with van der Waals surface area (Å²) in [6.07, 6.45) is 7.90. The Morgan fingerprint density at radius 3 is 2.48 bits per heavy atom. The Bertz CT molecular complexity index is 1830. The van der Waals surface area contributed by atoms with Gasteiger partial charge in [-0.3, -0.25) is 9.59 Å². The number of pyridine rings is 1. The van der Waals surface area contributed by atoms with Gasteiger partial charge in [-0.1, -0.05) is 32.1 Å². The lowest BCUT2D eigenvalue weighted by atomic mass is 10.0. The van der Waals surface area contributed by atoms with Crippen LogP contribution in [0.15, 0.2) is 29.6 Å². The van der Waals surface area contributed by atoms with Gasteiger partial charge >= 0.3 is 12.1 Å². The molecule has 2 saturated heterocycles. The molecular weight excluding hydrogens is 689 g/mol. The quantitative estimate of drug-likeness (QED) is 0.254.